The van der Waals surface area contributed by atoms with Crippen molar-refractivity contribution < 1.29 is 34.3 Å². The van der Waals surface area contributed by atoms with Gasteiger partial charge in [-0.15, -0.1) is 6.58 Å². The third-order valence-corrected chi connectivity index (χ3v) is 11.4. The number of fused-ring (bicyclic) bond motifs is 5. The van der Waals surface area contributed by atoms with Gasteiger partial charge in [0, 0.05) is 13.5 Å². The molecular formula is C29H46O7. The van der Waals surface area contributed by atoms with E-state index in [9.17, 15) is 20.1 Å². The number of esters is 1. The summed E-state index contributed by atoms with van der Waals surface area (Å²) in [5, 5.41) is 32.1. The topological polar surface area (TPSA) is 105 Å². The van der Waals surface area contributed by atoms with Crippen molar-refractivity contribution in [1.29, 1.82) is 0 Å². The SMILES string of the molecule is C=C[C@H]1CC[C@H]2[C@@H]3CC[C@H]4C[C@@H](O[C@H]5O[C@H](C)[C@H](OC(C)=O)[C@H](O)[C@@H]5O)CC[C@]4(CO)[C@H]3CC[C@]12C. The van der Waals surface area contributed by atoms with Crippen LogP contribution in [0.4, 0.5) is 0 Å². The number of hydrogen-bond acceptors (Lipinski definition) is 7. The summed E-state index contributed by atoms with van der Waals surface area (Å²) in [6.07, 6.45) is 6.93. The van der Waals surface area contributed by atoms with Crippen LogP contribution in [0.3, 0.4) is 0 Å². The molecule has 0 aromatic rings. The summed E-state index contributed by atoms with van der Waals surface area (Å²) in [4.78, 5) is 11.4. The monoisotopic (exact) mass is 506 g/mol. The Labute approximate surface area is 215 Å². The molecule has 0 aromatic carbocycles. The number of allylic oxidation sites excluding steroid dienone is 1. The molecule has 7 heteroatoms. The van der Waals surface area contributed by atoms with E-state index in [-0.39, 0.29) is 18.1 Å². The average molecular weight is 507 g/mol. The van der Waals surface area contributed by atoms with E-state index in [2.05, 4.69) is 19.6 Å². The maximum Gasteiger partial charge on any atom is 0.303 e. The predicted molar refractivity (Wildman–Crippen MR) is 134 cm³/mol. The summed E-state index contributed by atoms with van der Waals surface area (Å²) in [5.41, 5.74) is 0.318. The lowest BCUT2D eigenvalue weighted by molar-refractivity contribution is -0.312. The van der Waals surface area contributed by atoms with Gasteiger partial charge in [0.15, 0.2) is 12.4 Å². The fourth-order valence-corrected chi connectivity index (χ4v) is 9.53. The Morgan fingerprint density at radius 1 is 1.08 bits per heavy atom. The molecule has 5 aliphatic rings. The maximum atomic E-state index is 11.4. The molecule has 7 nitrogen and oxygen atoms in total. The average Bonchev–Trinajstić information content (AvgIpc) is 3.21. The molecule has 0 spiro atoms. The molecule has 0 radical (unpaired) electrons. The first-order chi connectivity index (χ1) is 17.1. The summed E-state index contributed by atoms with van der Waals surface area (Å²) in [6.45, 7) is 9.87. The third-order valence-electron chi connectivity index (χ3n) is 11.4. The molecule has 4 aliphatic carbocycles. The first kappa shape index (κ1) is 26.6. The van der Waals surface area contributed by atoms with Crippen LogP contribution in [0.1, 0.15) is 78.6 Å². The third kappa shape index (κ3) is 4.17. The number of ether oxygens (including phenoxy) is 3. The molecular weight excluding hydrogens is 460 g/mol. The highest BCUT2D eigenvalue weighted by Gasteiger charge is 2.61. The van der Waals surface area contributed by atoms with E-state index in [4.69, 9.17) is 14.2 Å². The Morgan fingerprint density at radius 3 is 2.56 bits per heavy atom. The lowest BCUT2D eigenvalue weighted by atomic mass is 9.44. The minimum atomic E-state index is -1.29. The molecule has 0 aromatic heterocycles. The van der Waals surface area contributed by atoms with E-state index < -0.39 is 36.7 Å². The molecule has 1 saturated heterocycles. The van der Waals surface area contributed by atoms with Gasteiger partial charge >= 0.3 is 5.97 Å². The van der Waals surface area contributed by atoms with Crippen LogP contribution in [0.15, 0.2) is 12.7 Å². The second-order valence-corrected chi connectivity index (χ2v) is 12.8. The molecule has 0 amide bonds. The van der Waals surface area contributed by atoms with Crippen LogP contribution in [-0.2, 0) is 19.0 Å². The molecule has 4 saturated carbocycles. The van der Waals surface area contributed by atoms with Crippen LogP contribution in [0.25, 0.3) is 0 Å². The first-order valence-electron chi connectivity index (χ1n) is 14.2. The lowest BCUT2D eigenvalue weighted by Crippen LogP contribution is -2.60. The van der Waals surface area contributed by atoms with Crippen molar-refractivity contribution in [2.75, 3.05) is 6.61 Å². The van der Waals surface area contributed by atoms with E-state index in [1.807, 2.05) is 0 Å². The fourth-order valence-electron chi connectivity index (χ4n) is 9.53. The molecule has 36 heavy (non-hydrogen) atoms. The summed E-state index contributed by atoms with van der Waals surface area (Å²) >= 11 is 0. The van der Waals surface area contributed by atoms with E-state index >= 15 is 0 Å². The largest absolute Gasteiger partial charge is 0.457 e. The van der Waals surface area contributed by atoms with Crippen LogP contribution in [0.5, 0.6) is 0 Å². The van der Waals surface area contributed by atoms with E-state index in [0.29, 0.717) is 29.1 Å². The minimum absolute atomic E-state index is 0.0460. The van der Waals surface area contributed by atoms with Crippen molar-refractivity contribution in [2.24, 2.45) is 40.4 Å². The van der Waals surface area contributed by atoms with Gasteiger partial charge in [0.1, 0.15) is 12.2 Å². The second-order valence-electron chi connectivity index (χ2n) is 12.8. The minimum Gasteiger partial charge on any atom is -0.457 e. The van der Waals surface area contributed by atoms with Crippen molar-refractivity contribution in [1.82, 2.24) is 0 Å². The molecule has 5 fully saturated rings. The number of carbonyl (C=O) groups excluding carboxylic acids is 1. The summed E-state index contributed by atoms with van der Waals surface area (Å²) in [7, 11) is 0. The molecule has 13 atom stereocenters. The molecule has 5 rings (SSSR count). The zero-order chi connectivity index (χ0) is 25.8. The van der Waals surface area contributed by atoms with Crippen molar-refractivity contribution >= 4 is 5.97 Å². The summed E-state index contributed by atoms with van der Waals surface area (Å²) in [6, 6.07) is 0. The Kier molecular flexibility index (Phi) is 7.36. The highest BCUT2D eigenvalue weighted by atomic mass is 16.7. The van der Waals surface area contributed by atoms with Gasteiger partial charge in [-0.2, -0.15) is 0 Å². The Bertz CT molecular complexity index is 832. The highest BCUT2D eigenvalue weighted by Crippen LogP contribution is 2.67. The van der Waals surface area contributed by atoms with E-state index in [0.717, 1.165) is 31.6 Å². The number of carbonyl (C=O) groups is 1. The fraction of sp³-hybridized carbons (Fsp3) is 0.897. The number of hydrogen-bond donors (Lipinski definition) is 3. The zero-order valence-corrected chi connectivity index (χ0v) is 22.2. The van der Waals surface area contributed by atoms with Crippen molar-refractivity contribution in [3.05, 3.63) is 12.7 Å². The van der Waals surface area contributed by atoms with Gasteiger partial charge in [-0.3, -0.25) is 4.79 Å². The Hall–Kier alpha value is -0.990. The number of aliphatic hydroxyl groups is 3. The lowest BCUT2D eigenvalue weighted by Gasteiger charge is -2.61. The van der Waals surface area contributed by atoms with E-state index in [1.54, 1.807) is 6.92 Å². The zero-order valence-electron chi connectivity index (χ0n) is 22.2. The first-order valence-corrected chi connectivity index (χ1v) is 14.2. The highest BCUT2D eigenvalue weighted by molar-refractivity contribution is 5.66. The van der Waals surface area contributed by atoms with E-state index in [1.165, 1.54) is 39.0 Å². The Morgan fingerprint density at radius 2 is 1.86 bits per heavy atom. The smallest absolute Gasteiger partial charge is 0.303 e. The standard InChI is InChI=1S/C29H46O7/c1-5-18-7-9-22-21-8-6-19-14-20(10-13-29(19,15-30)23(21)11-12-28(18,22)4)36-27-25(33)24(32)26(16(2)34-27)35-17(3)31/h5,16,18-27,30,32-33H,1,6-15H2,2-4H3/t16-,18+,19+,20+,21+,22+,23+,24-,25+,26+,27-,28-,29-/m1/s1. The molecule has 1 aliphatic heterocycles. The van der Waals surface area contributed by atoms with Crippen LogP contribution in [0.2, 0.25) is 0 Å². The summed E-state index contributed by atoms with van der Waals surface area (Å²) < 4.78 is 17.3. The van der Waals surface area contributed by atoms with Crippen LogP contribution in [-0.4, -0.2) is 64.7 Å². The number of aliphatic hydroxyl groups excluding tert-OH is 3. The van der Waals surface area contributed by atoms with Gasteiger partial charge in [-0.25, -0.2) is 0 Å². The molecule has 1 heterocycles. The van der Waals surface area contributed by atoms with Crippen molar-refractivity contribution in [2.45, 2.75) is 115 Å². The predicted octanol–water partition coefficient (Wildman–Crippen LogP) is 3.59. The molecule has 204 valence electrons. The van der Waals surface area contributed by atoms with Crippen LogP contribution in [0, 0.1) is 40.4 Å². The van der Waals surface area contributed by atoms with Gasteiger partial charge in [0.2, 0.25) is 0 Å². The second kappa shape index (κ2) is 9.96. The van der Waals surface area contributed by atoms with Gasteiger partial charge in [-0.1, -0.05) is 13.0 Å². The quantitative estimate of drug-likeness (QED) is 0.297. The summed E-state index contributed by atoms with van der Waals surface area (Å²) in [5.74, 6) is 2.47. The van der Waals surface area contributed by atoms with Gasteiger partial charge < -0.3 is 29.5 Å². The van der Waals surface area contributed by atoms with Gasteiger partial charge in [0.05, 0.1) is 12.2 Å². The van der Waals surface area contributed by atoms with Gasteiger partial charge in [0.25, 0.3) is 0 Å². The van der Waals surface area contributed by atoms with Gasteiger partial charge in [-0.05, 0) is 105 Å². The Balaban J connectivity index is 1.26. The van der Waals surface area contributed by atoms with Crippen LogP contribution >= 0.6 is 0 Å². The maximum absolute atomic E-state index is 11.4. The van der Waals surface area contributed by atoms with Crippen molar-refractivity contribution in [3.8, 4) is 0 Å². The van der Waals surface area contributed by atoms with Crippen LogP contribution < -0.4 is 0 Å². The number of rotatable bonds is 5. The molecule has 0 unspecified atom stereocenters. The molecule has 0 bridgehead atoms. The molecule has 3 N–H and O–H groups in total. The van der Waals surface area contributed by atoms with Crippen molar-refractivity contribution in [3.63, 3.8) is 0 Å². The normalized spacial score (nSPS) is 52.6.